The molecule has 20 heavy (non-hydrogen) atoms. The molecule has 1 saturated carbocycles. The molecule has 3 heteroatoms. The first-order valence-corrected chi connectivity index (χ1v) is 8.70. The van der Waals surface area contributed by atoms with Crippen LogP contribution in [0.2, 0.25) is 0 Å². The number of nitrogens with one attached hydrogen (secondary N) is 1. The molecule has 108 valence electrons. The quantitative estimate of drug-likeness (QED) is 0.817. The van der Waals surface area contributed by atoms with Crippen LogP contribution in [0.4, 0.5) is 5.13 Å². The minimum atomic E-state index is 0.629. The van der Waals surface area contributed by atoms with Gasteiger partial charge in [-0.3, -0.25) is 0 Å². The van der Waals surface area contributed by atoms with Crippen molar-refractivity contribution in [3.8, 4) is 0 Å². The molecule has 0 saturated heterocycles. The number of aryl methyl sites for hydroxylation is 1. The van der Waals surface area contributed by atoms with E-state index in [0.717, 1.165) is 16.6 Å². The molecular weight excluding hydrogens is 264 g/mol. The van der Waals surface area contributed by atoms with Crippen molar-refractivity contribution >= 4 is 26.7 Å². The smallest absolute Gasteiger partial charge is 0.184 e. The number of nitrogens with zero attached hydrogens (tertiary/aromatic N) is 1. The Morgan fingerprint density at radius 2 is 2.05 bits per heavy atom. The number of hydrogen-bond donors (Lipinski definition) is 1. The van der Waals surface area contributed by atoms with E-state index < -0.39 is 0 Å². The van der Waals surface area contributed by atoms with Crippen LogP contribution in [0.1, 0.15) is 51.0 Å². The van der Waals surface area contributed by atoms with Crippen molar-refractivity contribution in [3.05, 3.63) is 23.8 Å². The molecular formula is C17H24N2S. The van der Waals surface area contributed by atoms with Crippen molar-refractivity contribution in [2.24, 2.45) is 5.92 Å². The molecule has 0 bridgehead atoms. The molecule has 1 aliphatic carbocycles. The fourth-order valence-electron chi connectivity index (χ4n) is 3.28. The highest BCUT2D eigenvalue weighted by molar-refractivity contribution is 7.22. The third-order valence-corrected chi connectivity index (χ3v) is 5.38. The van der Waals surface area contributed by atoms with Crippen LogP contribution in [0.5, 0.6) is 0 Å². The normalized spacial score (nSPS) is 23.1. The summed E-state index contributed by atoms with van der Waals surface area (Å²) >= 11 is 1.79. The number of hydrogen-bond acceptors (Lipinski definition) is 3. The van der Waals surface area contributed by atoms with Gasteiger partial charge in [0.2, 0.25) is 0 Å². The van der Waals surface area contributed by atoms with E-state index in [9.17, 15) is 0 Å². The molecule has 3 rings (SSSR count). The van der Waals surface area contributed by atoms with Gasteiger partial charge in [-0.05, 0) is 56.2 Å². The summed E-state index contributed by atoms with van der Waals surface area (Å²) in [6.45, 7) is 4.42. The molecule has 1 aromatic carbocycles. The molecule has 1 aromatic heterocycles. The lowest BCUT2D eigenvalue weighted by molar-refractivity contribution is 0.319. The van der Waals surface area contributed by atoms with Gasteiger partial charge in [-0.15, -0.1) is 0 Å². The lowest BCUT2D eigenvalue weighted by atomic mass is 9.83. The standard InChI is InChI=1S/C17H24N2S/c1-3-4-13-6-8-14(9-7-13)18-17-19-15-11-12(2)5-10-16(15)20-17/h5,10-11,13-14H,3-4,6-9H2,1-2H3,(H,18,19). The predicted molar refractivity (Wildman–Crippen MR) is 88.6 cm³/mol. The van der Waals surface area contributed by atoms with E-state index in [-0.39, 0.29) is 0 Å². The molecule has 2 nitrogen and oxygen atoms in total. The van der Waals surface area contributed by atoms with Crippen molar-refractivity contribution in [1.29, 1.82) is 0 Å². The largest absolute Gasteiger partial charge is 0.359 e. The first-order valence-electron chi connectivity index (χ1n) is 7.88. The summed E-state index contributed by atoms with van der Waals surface area (Å²) in [5.74, 6) is 0.969. The molecule has 0 atom stereocenters. The predicted octanol–water partition coefficient (Wildman–Crippen LogP) is 5.38. The van der Waals surface area contributed by atoms with Crippen molar-refractivity contribution in [2.75, 3.05) is 5.32 Å². The van der Waals surface area contributed by atoms with Gasteiger partial charge in [0.1, 0.15) is 0 Å². The van der Waals surface area contributed by atoms with E-state index in [1.165, 1.54) is 48.8 Å². The highest BCUT2D eigenvalue weighted by Crippen LogP contribution is 2.32. The van der Waals surface area contributed by atoms with Crippen LogP contribution < -0.4 is 5.32 Å². The van der Waals surface area contributed by atoms with Crippen LogP contribution >= 0.6 is 11.3 Å². The number of rotatable bonds is 4. The first-order chi connectivity index (χ1) is 9.74. The lowest BCUT2D eigenvalue weighted by Gasteiger charge is -2.28. The molecule has 0 radical (unpaired) electrons. The van der Waals surface area contributed by atoms with Gasteiger partial charge in [0.15, 0.2) is 5.13 Å². The van der Waals surface area contributed by atoms with Crippen molar-refractivity contribution in [1.82, 2.24) is 4.98 Å². The number of thiazole rings is 1. The van der Waals surface area contributed by atoms with Gasteiger partial charge in [-0.25, -0.2) is 4.98 Å². The molecule has 0 unspecified atom stereocenters. The van der Waals surface area contributed by atoms with Crippen LogP contribution in [0.15, 0.2) is 18.2 Å². The Balaban J connectivity index is 1.62. The third-order valence-electron chi connectivity index (χ3n) is 4.41. The minimum Gasteiger partial charge on any atom is -0.359 e. The summed E-state index contributed by atoms with van der Waals surface area (Å²) in [7, 11) is 0. The van der Waals surface area contributed by atoms with Gasteiger partial charge in [-0.2, -0.15) is 0 Å². The molecule has 0 aliphatic heterocycles. The van der Waals surface area contributed by atoms with Gasteiger partial charge in [0.05, 0.1) is 10.2 Å². The maximum Gasteiger partial charge on any atom is 0.184 e. The zero-order chi connectivity index (χ0) is 13.9. The Morgan fingerprint density at radius 3 is 2.80 bits per heavy atom. The van der Waals surface area contributed by atoms with E-state index in [2.05, 4.69) is 37.4 Å². The SMILES string of the molecule is CCCC1CCC(Nc2nc3cc(C)ccc3s2)CC1. The van der Waals surface area contributed by atoms with E-state index in [0.29, 0.717) is 6.04 Å². The van der Waals surface area contributed by atoms with Crippen LogP contribution in [-0.4, -0.2) is 11.0 Å². The molecule has 2 aromatic rings. The van der Waals surface area contributed by atoms with Crippen molar-refractivity contribution < 1.29 is 0 Å². The Morgan fingerprint density at radius 1 is 1.25 bits per heavy atom. The Hall–Kier alpha value is -1.09. The molecule has 1 fully saturated rings. The van der Waals surface area contributed by atoms with Crippen LogP contribution in [0, 0.1) is 12.8 Å². The van der Waals surface area contributed by atoms with Gasteiger partial charge >= 0.3 is 0 Å². The number of anilines is 1. The second-order valence-electron chi connectivity index (χ2n) is 6.14. The summed E-state index contributed by atoms with van der Waals surface area (Å²) in [4.78, 5) is 4.73. The zero-order valence-electron chi connectivity index (χ0n) is 12.5. The first kappa shape index (κ1) is 13.9. The average Bonchev–Trinajstić information content (AvgIpc) is 2.82. The second kappa shape index (κ2) is 6.13. The fourth-order valence-corrected chi connectivity index (χ4v) is 4.20. The summed E-state index contributed by atoms with van der Waals surface area (Å²) in [6.07, 6.45) is 8.12. The number of fused-ring (bicyclic) bond motifs is 1. The summed E-state index contributed by atoms with van der Waals surface area (Å²) < 4.78 is 1.29. The van der Waals surface area contributed by atoms with Gasteiger partial charge in [0, 0.05) is 6.04 Å². The highest BCUT2D eigenvalue weighted by atomic mass is 32.1. The summed E-state index contributed by atoms with van der Waals surface area (Å²) in [6, 6.07) is 7.16. The molecule has 1 aliphatic rings. The number of benzene rings is 1. The number of aromatic nitrogens is 1. The van der Waals surface area contributed by atoms with Crippen molar-refractivity contribution in [3.63, 3.8) is 0 Å². The average molecular weight is 288 g/mol. The van der Waals surface area contributed by atoms with E-state index in [4.69, 9.17) is 4.98 Å². The van der Waals surface area contributed by atoms with Crippen molar-refractivity contribution in [2.45, 2.75) is 58.4 Å². The molecule has 0 amide bonds. The Labute approximate surface area is 125 Å². The van der Waals surface area contributed by atoms with Gasteiger partial charge in [0.25, 0.3) is 0 Å². The molecule has 1 heterocycles. The topological polar surface area (TPSA) is 24.9 Å². The maximum absolute atomic E-state index is 4.73. The van der Waals surface area contributed by atoms with Crippen LogP contribution in [0.25, 0.3) is 10.2 Å². The fraction of sp³-hybridized carbons (Fsp3) is 0.588. The zero-order valence-corrected chi connectivity index (χ0v) is 13.3. The maximum atomic E-state index is 4.73. The van der Waals surface area contributed by atoms with Crippen LogP contribution in [-0.2, 0) is 0 Å². The molecule has 0 spiro atoms. The van der Waals surface area contributed by atoms with Gasteiger partial charge in [-0.1, -0.05) is 37.2 Å². The van der Waals surface area contributed by atoms with Crippen LogP contribution in [0.3, 0.4) is 0 Å². The highest BCUT2D eigenvalue weighted by Gasteiger charge is 2.21. The van der Waals surface area contributed by atoms with E-state index in [1.54, 1.807) is 11.3 Å². The summed E-state index contributed by atoms with van der Waals surface area (Å²) in [5, 5.41) is 4.76. The summed E-state index contributed by atoms with van der Waals surface area (Å²) in [5.41, 5.74) is 2.42. The second-order valence-corrected chi connectivity index (χ2v) is 7.17. The third kappa shape index (κ3) is 3.14. The van der Waals surface area contributed by atoms with Gasteiger partial charge < -0.3 is 5.32 Å². The monoisotopic (exact) mass is 288 g/mol. The van der Waals surface area contributed by atoms with E-state index >= 15 is 0 Å². The lowest BCUT2D eigenvalue weighted by Crippen LogP contribution is -2.25. The Kier molecular flexibility index (Phi) is 4.25. The van der Waals surface area contributed by atoms with E-state index in [1.807, 2.05) is 0 Å². The Bertz CT molecular complexity index is 567. The minimum absolute atomic E-state index is 0.629. The molecule has 1 N–H and O–H groups in total.